The Morgan fingerprint density at radius 2 is 2.06 bits per heavy atom. The number of halogens is 1. The maximum Gasteiger partial charge on any atom is 0.152 e. The highest BCUT2D eigenvalue weighted by molar-refractivity contribution is 7.91. The predicted octanol–water partition coefficient (Wildman–Crippen LogP) is 1.27. The molecule has 0 amide bonds. The average Bonchev–Trinajstić information content (AvgIpc) is 2.40. The van der Waals surface area contributed by atoms with Gasteiger partial charge in [-0.2, -0.15) is 0 Å². The van der Waals surface area contributed by atoms with Crippen LogP contribution in [0.5, 0.6) is 0 Å². The molecule has 0 saturated carbocycles. The Labute approximate surface area is 94.6 Å². The smallest absolute Gasteiger partial charge is 0.152 e. The van der Waals surface area contributed by atoms with Crippen molar-refractivity contribution in [2.75, 3.05) is 18.1 Å². The highest BCUT2D eigenvalue weighted by Gasteiger charge is 2.25. The third-order valence-corrected chi connectivity index (χ3v) is 4.48. The molecule has 1 heterocycles. The summed E-state index contributed by atoms with van der Waals surface area (Å²) in [5, 5.41) is 3.08. The van der Waals surface area contributed by atoms with E-state index in [0.717, 1.165) is 0 Å². The normalized spacial score (nSPS) is 24.9. The molecule has 0 spiro atoms. The Morgan fingerprint density at radius 3 is 2.81 bits per heavy atom. The van der Waals surface area contributed by atoms with E-state index in [2.05, 4.69) is 5.32 Å². The fourth-order valence-corrected chi connectivity index (χ4v) is 3.48. The fraction of sp³-hybridized carbons (Fsp3) is 0.455. The molecule has 5 heteroatoms. The quantitative estimate of drug-likeness (QED) is 0.808. The Bertz CT molecular complexity index is 473. The molecular weight excluding hydrogens is 229 g/mol. The molecule has 0 bridgehead atoms. The van der Waals surface area contributed by atoms with Crippen molar-refractivity contribution in [1.29, 1.82) is 0 Å². The van der Waals surface area contributed by atoms with E-state index in [1.54, 1.807) is 18.2 Å². The molecule has 0 aliphatic carbocycles. The highest BCUT2D eigenvalue weighted by atomic mass is 32.2. The largest absolute Gasteiger partial charge is 0.309 e. The zero-order valence-electron chi connectivity index (χ0n) is 8.82. The van der Waals surface area contributed by atoms with Crippen LogP contribution in [-0.2, 0) is 9.84 Å². The molecule has 3 nitrogen and oxygen atoms in total. The summed E-state index contributed by atoms with van der Waals surface area (Å²) in [6, 6.07) is 5.89. The first-order valence-electron chi connectivity index (χ1n) is 5.27. The average molecular weight is 243 g/mol. The zero-order chi connectivity index (χ0) is 11.6. The Kier molecular flexibility index (Phi) is 3.25. The minimum absolute atomic E-state index is 0.0199. The third-order valence-electron chi connectivity index (χ3n) is 2.72. The molecule has 16 heavy (non-hydrogen) atoms. The number of hydrogen-bond acceptors (Lipinski definition) is 3. The second-order valence-corrected chi connectivity index (χ2v) is 6.22. The van der Waals surface area contributed by atoms with Crippen molar-refractivity contribution in [2.24, 2.45) is 0 Å². The molecule has 1 saturated heterocycles. The minimum Gasteiger partial charge on any atom is -0.309 e. The maximum atomic E-state index is 13.5. The van der Waals surface area contributed by atoms with Crippen LogP contribution in [0, 0.1) is 5.82 Å². The van der Waals surface area contributed by atoms with Gasteiger partial charge in [0.25, 0.3) is 0 Å². The monoisotopic (exact) mass is 243 g/mol. The van der Waals surface area contributed by atoms with E-state index < -0.39 is 15.9 Å². The Hall–Kier alpha value is -0.940. The molecule has 0 aromatic heterocycles. The van der Waals surface area contributed by atoms with Crippen molar-refractivity contribution in [1.82, 2.24) is 5.32 Å². The molecule has 1 aliphatic heterocycles. The van der Waals surface area contributed by atoms with Crippen LogP contribution in [0.4, 0.5) is 4.39 Å². The lowest BCUT2D eigenvalue weighted by molar-refractivity contribution is 0.533. The second-order valence-electron chi connectivity index (χ2n) is 4.00. The molecule has 2 rings (SSSR count). The van der Waals surface area contributed by atoms with Crippen molar-refractivity contribution in [3.63, 3.8) is 0 Å². The minimum atomic E-state index is -3.06. The summed E-state index contributed by atoms with van der Waals surface area (Å²) in [7, 11) is -3.06. The standard InChI is InChI=1S/C11H14FNO2S/c12-10-5-2-1-4-9(10)11-8-16(14,15)7-3-6-13-11/h1-2,4-5,11,13H,3,6-8H2. The van der Waals surface area contributed by atoms with Crippen LogP contribution in [0.25, 0.3) is 0 Å². The summed E-state index contributed by atoms with van der Waals surface area (Å²) in [6.07, 6.45) is 0.591. The van der Waals surface area contributed by atoms with Gasteiger partial charge in [0, 0.05) is 11.6 Å². The molecule has 1 aliphatic rings. The topological polar surface area (TPSA) is 46.2 Å². The van der Waals surface area contributed by atoms with Gasteiger partial charge in [-0.25, -0.2) is 12.8 Å². The van der Waals surface area contributed by atoms with Crippen molar-refractivity contribution in [3.05, 3.63) is 35.6 Å². The van der Waals surface area contributed by atoms with E-state index in [9.17, 15) is 12.8 Å². The van der Waals surface area contributed by atoms with E-state index in [-0.39, 0.29) is 17.3 Å². The van der Waals surface area contributed by atoms with Gasteiger partial charge in [-0.3, -0.25) is 0 Å². The highest BCUT2D eigenvalue weighted by Crippen LogP contribution is 2.20. The van der Waals surface area contributed by atoms with Crippen LogP contribution in [0.15, 0.2) is 24.3 Å². The van der Waals surface area contributed by atoms with Crippen molar-refractivity contribution < 1.29 is 12.8 Å². The van der Waals surface area contributed by atoms with Crippen molar-refractivity contribution in [3.8, 4) is 0 Å². The summed E-state index contributed by atoms with van der Waals surface area (Å²) in [4.78, 5) is 0. The fourth-order valence-electron chi connectivity index (χ4n) is 1.92. The van der Waals surface area contributed by atoms with Crippen LogP contribution in [0.2, 0.25) is 0 Å². The van der Waals surface area contributed by atoms with E-state index in [4.69, 9.17) is 0 Å². The van der Waals surface area contributed by atoms with Gasteiger partial charge in [0.1, 0.15) is 5.82 Å². The van der Waals surface area contributed by atoms with Gasteiger partial charge < -0.3 is 5.32 Å². The summed E-state index contributed by atoms with van der Waals surface area (Å²) in [5.41, 5.74) is 0.438. The third kappa shape index (κ3) is 2.59. The Morgan fingerprint density at radius 1 is 1.31 bits per heavy atom. The van der Waals surface area contributed by atoms with Gasteiger partial charge in [0.05, 0.1) is 11.5 Å². The van der Waals surface area contributed by atoms with E-state index in [1.165, 1.54) is 6.07 Å². The number of rotatable bonds is 1. The maximum absolute atomic E-state index is 13.5. The van der Waals surface area contributed by atoms with Gasteiger partial charge in [-0.15, -0.1) is 0 Å². The first kappa shape index (κ1) is 11.5. The van der Waals surface area contributed by atoms with Crippen LogP contribution < -0.4 is 5.32 Å². The second kappa shape index (κ2) is 4.51. The van der Waals surface area contributed by atoms with Gasteiger partial charge in [0.2, 0.25) is 0 Å². The molecular formula is C11H14FNO2S. The summed E-state index contributed by atoms with van der Waals surface area (Å²) in [5.74, 6) is -0.184. The van der Waals surface area contributed by atoms with Crippen LogP contribution in [-0.4, -0.2) is 26.5 Å². The van der Waals surface area contributed by atoms with Crippen LogP contribution >= 0.6 is 0 Å². The van der Waals surface area contributed by atoms with Gasteiger partial charge >= 0.3 is 0 Å². The Balaban J connectivity index is 2.30. The first-order valence-corrected chi connectivity index (χ1v) is 7.09. The van der Waals surface area contributed by atoms with Crippen molar-refractivity contribution in [2.45, 2.75) is 12.5 Å². The molecule has 0 radical (unpaired) electrons. The van der Waals surface area contributed by atoms with Crippen LogP contribution in [0.3, 0.4) is 0 Å². The SMILES string of the molecule is O=S1(=O)CCCNC(c2ccccc2F)C1. The molecule has 1 aromatic carbocycles. The lowest BCUT2D eigenvalue weighted by Gasteiger charge is -2.16. The summed E-state index contributed by atoms with van der Waals surface area (Å²) in [6.45, 7) is 0.609. The predicted molar refractivity (Wildman–Crippen MR) is 60.4 cm³/mol. The number of nitrogens with one attached hydrogen (secondary N) is 1. The zero-order valence-corrected chi connectivity index (χ0v) is 9.63. The van der Waals surface area contributed by atoms with E-state index >= 15 is 0 Å². The van der Waals surface area contributed by atoms with Crippen LogP contribution in [0.1, 0.15) is 18.0 Å². The molecule has 1 unspecified atom stereocenters. The number of hydrogen-bond donors (Lipinski definition) is 1. The van der Waals surface area contributed by atoms with Gasteiger partial charge in [0.15, 0.2) is 9.84 Å². The lowest BCUT2D eigenvalue weighted by Crippen LogP contribution is -2.26. The summed E-state index contributed by atoms with van der Waals surface area (Å²) < 4.78 is 36.7. The number of sulfone groups is 1. The van der Waals surface area contributed by atoms with Gasteiger partial charge in [-0.1, -0.05) is 18.2 Å². The molecule has 1 fully saturated rings. The summed E-state index contributed by atoms with van der Waals surface area (Å²) >= 11 is 0. The van der Waals surface area contributed by atoms with E-state index in [1.807, 2.05) is 0 Å². The van der Waals surface area contributed by atoms with E-state index in [0.29, 0.717) is 18.5 Å². The molecule has 1 aromatic rings. The first-order chi connectivity index (χ1) is 7.58. The molecule has 1 N–H and O–H groups in total. The molecule has 88 valence electrons. The van der Waals surface area contributed by atoms with Crippen molar-refractivity contribution >= 4 is 9.84 Å². The molecule has 1 atom stereocenters. The van der Waals surface area contributed by atoms with Gasteiger partial charge in [-0.05, 0) is 19.0 Å². The number of benzene rings is 1. The lowest BCUT2D eigenvalue weighted by atomic mass is 10.1.